The zero-order valence-electron chi connectivity index (χ0n) is 9.02. The number of carbonyl (C=O) groups is 1. The van der Waals surface area contributed by atoms with Gasteiger partial charge in [0, 0.05) is 4.47 Å². The molecular weight excluding hydrogens is 331 g/mol. The first kappa shape index (κ1) is 13.5. The zero-order chi connectivity index (χ0) is 14.2. The van der Waals surface area contributed by atoms with Crippen molar-refractivity contribution in [3.05, 3.63) is 40.1 Å². The van der Waals surface area contributed by atoms with Gasteiger partial charge in [-0.05, 0) is 28.1 Å². The molecule has 5 nitrogen and oxygen atoms in total. The van der Waals surface area contributed by atoms with Crippen molar-refractivity contribution in [1.82, 2.24) is 15.0 Å². The highest BCUT2D eigenvalue weighted by atomic mass is 79.9. The summed E-state index contributed by atoms with van der Waals surface area (Å²) in [5.74, 6) is -1.79. The van der Waals surface area contributed by atoms with Crippen molar-refractivity contribution >= 4 is 21.9 Å². The minimum absolute atomic E-state index is 0.209. The van der Waals surface area contributed by atoms with Crippen LogP contribution in [0.15, 0.2) is 28.7 Å². The quantitative estimate of drug-likeness (QED) is 0.916. The number of para-hydroxylation sites is 1. The normalized spacial score (nSPS) is 11.6. The summed E-state index contributed by atoms with van der Waals surface area (Å²) in [6.45, 7) is 0. The van der Waals surface area contributed by atoms with Crippen molar-refractivity contribution < 1.29 is 23.1 Å². The number of rotatable bonds is 2. The van der Waals surface area contributed by atoms with E-state index in [9.17, 15) is 18.0 Å². The van der Waals surface area contributed by atoms with E-state index in [2.05, 4.69) is 26.1 Å². The molecule has 1 aromatic heterocycles. The Kier molecular flexibility index (Phi) is 3.31. The maximum Gasteiger partial charge on any atom is 0.437 e. The molecular formula is C10H5BrF3N3O2. The Morgan fingerprint density at radius 1 is 1.26 bits per heavy atom. The molecule has 0 radical (unpaired) electrons. The lowest BCUT2D eigenvalue weighted by molar-refractivity contribution is -0.141. The first-order valence-corrected chi connectivity index (χ1v) is 5.62. The predicted molar refractivity (Wildman–Crippen MR) is 61.0 cm³/mol. The number of aromatic carboxylic acids is 1. The molecule has 1 aromatic carbocycles. The van der Waals surface area contributed by atoms with Crippen molar-refractivity contribution in [2.75, 3.05) is 0 Å². The standard InChI is InChI=1S/C10H5BrF3N3O2/c11-5-3-1-2-4-6(5)17-15-7(9(18)19)8(16-17)10(12,13)14/h1-4H,(H,18,19). The Balaban J connectivity index is 2.62. The highest BCUT2D eigenvalue weighted by molar-refractivity contribution is 9.10. The smallest absolute Gasteiger partial charge is 0.437 e. The number of halogens is 4. The summed E-state index contributed by atoms with van der Waals surface area (Å²) in [6, 6.07) is 6.25. The third kappa shape index (κ3) is 2.60. The molecule has 0 aliphatic heterocycles. The number of hydrogen-bond acceptors (Lipinski definition) is 3. The molecule has 2 rings (SSSR count). The van der Waals surface area contributed by atoms with Crippen LogP contribution in [0.1, 0.15) is 16.2 Å². The Labute approximate surface area is 112 Å². The minimum Gasteiger partial charge on any atom is -0.476 e. The fourth-order valence-electron chi connectivity index (χ4n) is 1.36. The molecule has 0 atom stereocenters. The zero-order valence-corrected chi connectivity index (χ0v) is 10.6. The average Bonchev–Trinajstić information content (AvgIpc) is 2.74. The fraction of sp³-hybridized carbons (Fsp3) is 0.100. The Morgan fingerprint density at radius 3 is 2.37 bits per heavy atom. The van der Waals surface area contributed by atoms with E-state index in [1.54, 1.807) is 18.2 Å². The number of aromatic nitrogens is 3. The molecule has 100 valence electrons. The van der Waals surface area contributed by atoms with E-state index in [1.165, 1.54) is 6.07 Å². The maximum atomic E-state index is 12.6. The van der Waals surface area contributed by atoms with Crippen LogP contribution in [0.2, 0.25) is 0 Å². The lowest BCUT2D eigenvalue weighted by atomic mass is 10.3. The Bertz CT molecular complexity index is 639. The van der Waals surface area contributed by atoms with Crippen LogP contribution in [-0.4, -0.2) is 26.1 Å². The lowest BCUT2D eigenvalue weighted by Gasteiger charge is -2.02. The first-order chi connectivity index (χ1) is 8.80. The van der Waals surface area contributed by atoms with Crippen molar-refractivity contribution in [2.24, 2.45) is 0 Å². The molecule has 0 amide bonds. The second-order valence-corrected chi connectivity index (χ2v) is 4.30. The van der Waals surface area contributed by atoms with Crippen LogP contribution in [0.3, 0.4) is 0 Å². The number of hydrogen-bond donors (Lipinski definition) is 1. The van der Waals surface area contributed by atoms with Gasteiger partial charge in [0.25, 0.3) is 0 Å². The van der Waals surface area contributed by atoms with E-state index in [0.717, 1.165) is 0 Å². The third-order valence-electron chi connectivity index (χ3n) is 2.15. The number of alkyl halides is 3. The van der Waals surface area contributed by atoms with Gasteiger partial charge in [0.2, 0.25) is 11.4 Å². The Morgan fingerprint density at radius 2 is 1.89 bits per heavy atom. The van der Waals surface area contributed by atoms with Gasteiger partial charge >= 0.3 is 12.1 Å². The summed E-state index contributed by atoms with van der Waals surface area (Å²) in [5.41, 5.74) is -2.46. The summed E-state index contributed by atoms with van der Waals surface area (Å²) in [6.07, 6.45) is -4.88. The van der Waals surface area contributed by atoms with Crippen LogP contribution in [0.4, 0.5) is 13.2 Å². The van der Waals surface area contributed by atoms with E-state index in [0.29, 0.717) is 9.27 Å². The largest absolute Gasteiger partial charge is 0.476 e. The van der Waals surface area contributed by atoms with Crippen LogP contribution < -0.4 is 0 Å². The molecule has 0 fully saturated rings. The van der Waals surface area contributed by atoms with E-state index >= 15 is 0 Å². The van der Waals surface area contributed by atoms with Crippen molar-refractivity contribution in [2.45, 2.75) is 6.18 Å². The van der Waals surface area contributed by atoms with Crippen LogP contribution in [0.25, 0.3) is 5.69 Å². The first-order valence-electron chi connectivity index (χ1n) is 4.83. The van der Waals surface area contributed by atoms with E-state index in [-0.39, 0.29) is 5.69 Å². The minimum atomic E-state index is -4.88. The van der Waals surface area contributed by atoms with Gasteiger partial charge in [-0.2, -0.15) is 13.2 Å². The second-order valence-electron chi connectivity index (χ2n) is 3.44. The van der Waals surface area contributed by atoms with Gasteiger partial charge in [0.15, 0.2) is 0 Å². The molecule has 1 heterocycles. The van der Waals surface area contributed by atoms with E-state index < -0.39 is 23.5 Å². The molecule has 19 heavy (non-hydrogen) atoms. The SMILES string of the molecule is O=C(O)c1nn(-c2ccccc2Br)nc1C(F)(F)F. The topological polar surface area (TPSA) is 68.0 Å². The molecule has 0 saturated heterocycles. The number of carboxylic acids is 1. The summed E-state index contributed by atoms with van der Waals surface area (Å²) >= 11 is 3.12. The Hall–Kier alpha value is -1.90. The number of carboxylic acid groups (broad SMARTS) is 1. The highest BCUT2D eigenvalue weighted by Gasteiger charge is 2.40. The molecule has 0 saturated carbocycles. The molecule has 0 bridgehead atoms. The molecule has 0 aliphatic rings. The van der Waals surface area contributed by atoms with Crippen molar-refractivity contribution in [3.63, 3.8) is 0 Å². The summed E-state index contributed by atoms with van der Waals surface area (Å²) in [5, 5.41) is 15.3. The molecule has 1 N–H and O–H groups in total. The van der Waals surface area contributed by atoms with E-state index in [4.69, 9.17) is 5.11 Å². The van der Waals surface area contributed by atoms with Gasteiger partial charge in [-0.15, -0.1) is 15.0 Å². The van der Waals surface area contributed by atoms with Gasteiger partial charge < -0.3 is 5.11 Å². The second kappa shape index (κ2) is 4.65. The number of benzene rings is 1. The highest BCUT2D eigenvalue weighted by Crippen LogP contribution is 2.30. The van der Waals surface area contributed by atoms with Crippen LogP contribution in [0.5, 0.6) is 0 Å². The summed E-state index contributed by atoms with van der Waals surface area (Å²) < 4.78 is 38.4. The molecule has 9 heteroatoms. The third-order valence-corrected chi connectivity index (χ3v) is 2.82. The summed E-state index contributed by atoms with van der Waals surface area (Å²) in [4.78, 5) is 11.4. The van der Waals surface area contributed by atoms with Crippen LogP contribution in [-0.2, 0) is 6.18 Å². The average molecular weight is 336 g/mol. The van der Waals surface area contributed by atoms with Gasteiger partial charge in [0.05, 0.1) is 5.69 Å². The molecule has 2 aromatic rings. The van der Waals surface area contributed by atoms with Gasteiger partial charge in [-0.3, -0.25) is 0 Å². The molecule has 0 spiro atoms. The van der Waals surface area contributed by atoms with Crippen LogP contribution in [0, 0.1) is 0 Å². The van der Waals surface area contributed by atoms with Gasteiger partial charge in [0.1, 0.15) is 0 Å². The van der Waals surface area contributed by atoms with Gasteiger partial charge in [-0.1, -0.05) is 12.1 Å². The maximum absolute atomic E-state index is 12.6. The van der Waals surface area contributed by atoms with Crippen molar-refractivity contribution in [1.29, 1.82) is 0 Å². The predicted octanol–water partition coefficient (Wildman–Crippen LogP) is 2.75. The summed E-state index contributed by atoms with van der Waals surface area (Å²) in [7, 11) is 0. The van der Waals surface area contributed by atoms with Crippen molar-refractivity contribution in [3.8, 4) is 5.69 Å². The monoisotopic (exact) mass is 335 g/mol. The molecule has 0 aliphatic carbocycles. The van der Waals surface area contributed by atoms with E-state index in [1.807, 2.05) is 0 Å². The molecule has 0 unspecified atom stereocenters. The lowest BCUT2D eigenvalue weighted by Crippen LogP contribution is -2.12. The van der Waals surface area contributed by atoms with Crippen LogP contribution >= 0.6 is 15.9 Å². The number of nitrogens with zero attached hydrogens (tertiary/aromatic N) is 3. The van der Waals surface area contributed by atoms with Gasteiger partial charge in [-0.25, -0.2) is 4.79 Å². The fourth-order valence-corrected chi connectivity index (χ4v) is 1.81.